The Morgan fingerprint density at radius 2 is 1.90 bits per heavy atom. The smallest absolute Gasteiger partial charge is 0.0677 e. The van der Waals surface area contributed by atoms with Gasteiger partial charge in [-0.3, -0.25) is 0 Å². The third-order valence-electron chi connectivity index (χ3n) is 1.24. The average molecular weight is 215 g/mol. The summed E-state index contributed by atoms with van der Waals surface area (Å²) in [5.41, 5.74) is 1.21. The number of hydrogen-bond acceptors (Lipinski definition) is 1. The number of thiocarbonyl (C=S) groups is 1. The fraction of sp³-hybridized carbons (Fsp3) is 0.125. The molecule has 1 rings (SSSR count). The molecule has 0 saturated heterocycles. The van der Waals surface area contributed by atoms with Crippen LogP contribution in [-0.4, -0.2) is 5.37 Å². The number of benzene rings is 1. The molecule has 0 aliphatic heterocycles. The van der Waals surface area contributed by atoms with Gasteiger partial charge in [0.1, 0.15) is 0 Å². The highest BCUT2D eigenvalue weighted by Gasteiger charge is 1.99. The molecule has 0 bridgehead atoms. The molecule has 2 heteroatoms. The molecule has 1 aromatic rings. The fourth-order valence-corrected chi connectivity index (χ4v) is 1.18. The molecule has 52 valence electrons. The van der Waals surface area contributed by atoms with E-state index in [1.807, 2.05) is 30.3 Å². The predicted molar refractivity (Wildman–Crippen MR) is 51.8 cm³/mol. The zero-order valence-corrected chi connectivity index (χ0v) is 7.73. The monoisotopic (exact) mass is 214 g/mol. The zero-order valence-electron chi connectivity index (χ0n) is 5.33. The molecule has 0 spiro atoms. The zero-order chi connectivity index (χ0) is 7.40. The number of halogens is 1. The fourth-order valence-electron chi connectivity index (χ4n) is 0.715. The number of alkyl halides is 1. The Morgan fingerprint density at radius 1 is 1.30 bits per heavy atom. The first-order chi connectivity index (χ1) is 4.84. The Hall–Kier alpha value is -0.210. The highest BCUT2D eigenvalue weighted by Crippen LogP contribution is 2.19. The Balaban J connectivity index is 2.84. The van der Waals surface area contributed by atoms with E-state index in [0.29, 0.717) is 0 Å². The maximum absolute atomic E-state index is 4.78. The van der Waals surface area contributed by atoms with Crippen molar-refractivity contribution in [2.45, 2.75) is 4.83 Å². The van der Waals surface area contributed by atoms with Crippen LogP contribution in [0.1, 0.15) is 10.4 Å². The Labute approximate surface area is 74.4 Å². The van der Waals surface area contributed by atoms with Gasteiger partial charge in [-0.2, -0.15) is 0 Å². The van der Waals surface area contributed by atoms with Crippen LogP contribution in [0.5, 0.6) is 0 Å². The third-order valence-corrected chi connectivity index (χ3v) is 2.65. The molecular weight excluding hydrogens is 208 g/mol. The van der Waals surface area contributed by atoms with E-state index in [9.17, 15) is 0 Å². The molecule has 0 saturated carbocycles. The van der Waals surface area contributed by atoms with Gasteiger partial charge in [-0.1, -0.05) is 58.5 Å². The first-order valence-electron chi connectivity index (χ1n) is 2.99. The minimum Gasteiger partial charge on any atom is -0.0919 e. The molecule has 0 nitrogen and oxygen atoms in total. The summed E-state index contributed by atoms with van der Waals surface area (Å²) in [6.07, 6.45) is 0. The van der Waals surface area contributed by atoms with E-state index in [4.69, 9.17) is 12.2 Å². The van der Waals surface area contributed by atoms with Gasteiger partial charge in [0.25, 0.3) is 0 Å². The van der Waals surface area contributed by atoms with Crippen LogP contribution in [0, 0.1) is 0 Å². The van der Waals surface area contributed by atoms with Gasteiger partial charge in [0, 0.05) is 0 Å². The summed E-state index contributed by atoms with van der Waals surface area (Å²) in [7, 11) is 0. The van der Waals surface area contributed by atoms with Crippen molar-refractivity contribution in [1.82, 2.24) is 0 Å². The second-order valence-corrected chi connectivity index (χ2v) is 3.21. The molecule has 1 atom stereocenters. The largest absolute Gasteiger partial charge is 0.0919 e. The highest BCUT2D eigenvalue weighted by molar-refractivity contribution is 9.09. The van der Waals surface area contributed by atoms with Crippen LogP contribution in [0.2, 0.25) is 0 Å². The van der Waals surface area contributed by atoms with Crippen molar-refractivity contribution in [3.8, 4) is 0 Å². The molecule has 0 amide bonds. The van der Waals surface area contributed by atoms with Crippen LogP contribution in [-0.2, 0) is 0 Å². The molecule has 0 fully saturated rings. The lowest BCUT2D eigenvalue weighted by Gasteiger charge is -2.00. The van der Waals surface area contributed by atoms with Crippen molar-refractivity contribution in [2.75, 3.05) is 0 Å². The van der Waals surface area contributed by atoms with Crippen molar-refractivity contribution < 1.29 is 0 Å². The molecular formula is C8H7BrS. The number of rotatable bonds is 2. The van der Waals surface area contributed by atoms with Crippen molar-refractivity contribution in [3.05, 3.63) is 35.9 Å². The molecule has 0 aromatic heterocycles. The van der Waals surface area contributed by atoms with Crippen molar-refractivity contribution in [3.63, 3.8) is 0 Å². The highest BCUT2D eigenvalue weighted by atomic mass is 79.9. The third kappa shape index (κ3) is 1.89. The van der Waals surface area contributed by atoms with E-state index in [2.05, 4.69) is 15.9 Å². The molecule has 0 radical (unpaired) electrons. The Bertz CT molecular complexity index is 208. The van der Waals surface area contributed by atoms with Gasteiger partial charge in [-0.05, 0) is 10.9 Å². The van der Waals surface area contributed by atoms with Crippen LogP contribution in [0.3, 0.4) is 0 Å². The lowest BCUT2D eigenvalue weighted by atomic mass is 10.2. The Morgan fingerprint density at radius 3 is 2.40 bits per heavy atom. The van der Waals surface area contributed by atoms with Crippen LogP contribution < -0.4 is 0 Å². The van der Waals surface area contributed by atoms with Crippen LogP contribution in [0.25, 0.3) is 0 Å². The van der Waals surface area contributed by atoms with Crippen molar-refractivity contribution in [1.29, 1.82) is 0 Å². The summed E-state index contributed by atoms with van der Waals surface area (Å²) < 4.78 is 0. The van der Waals surface area contributed by atoms with E-state index in [1.165, 1.54) is 5.56 Å². The molecule has 0 N–H and O–H groups in total. The summed E-state index contributed by atoms with van der Waals surface area (Å²) >= 11 is 8.21. The maximum atomic E-state index is 4.78. The number of hydrogen-bond donors (Lipinski definition) is 0. The van der Waals surface area contributed by atoms with Crippen molar-refractivity contribution in [2.24, 2.45) is 0 Å². The standard InChI is InChI=1S/C8H7BrS/c9-8(6-10)7-4-2-1-3-5-7/h1-6,8H. The van der Waals surface area contributed by atoms with E-state index in [1.54, 1.807) is 5.37 Å². The summed E-state index contributed by atoms with van der Waals surface area (Å²) in [6.45, 7) is 0. The normalized spacial score (nSPS) is 12.5. The minimum absolute atomic E-state index is 0.212. The van der Waals surface area contributed by atoms with Gasteiger partial charge in [-0.25, -0.2) is 0 Å². The topological polar surface area (TPSA) is 0 Å². The van der Waals surface area contributed by atoms with E-state index in [0.717, 1.165) is 0 Å². The summed E-state index contributed by atoms with van der Waals surface area (Å²) in [5.74, 6) is 0. The van der Waals surface area contributed by atoms with Gasteiger partial charge in [-0.15, -0.1) is 0 Å². The van der Waals surface area contributed by atoms with E-state index >= 15 is 0 Å². The second-order valence-electron chi connectivity index (χ2n) is 1.95. The van der Waals surface area contributed by atoms with Gasteiger partial charge in [0.05, 0.1) is 4.83 Å². The molecule has 1 unspecified atom stereocenters. The molecule has 0 aliphatic rings. The lowest BCUT2D eigenvalue weighted by molar-refractivity contribution is 1.37. The SMILES string of the molecule is S=CC(Br)c1ccccc1. The van der Waals surface area contributed by atoms with Crippen molar-refractivity contribution >= 4 is 33.5 Å². The first-order valence-corrected chi connectivity index (χ1v) is 4.37. The van der Waals surface area contributed by atoms with E-state index < -0.39 is 0 Å². The maximum Gasteiger partial charge on any atom is 0.0677 e. The van der Waals surface area contributed by atoms with Gasteiger partial charge in [0.15, 0.2) is 0 Å². The average Bonchev–Trinajstić information content (AvgIpc) is 2.05. The quantitative estimate of drug-likeness (QED) is 0.539. The van der Waals surface area contributed by atoms with Crippen LogP contribution >= 0.6 is 28.1 Å². The minimum atomic E-state index is 0.212. The predicted octanol–water partition coefficient (Wildman–Crippen LogP) is 3.12. The summed E-state index contributed by atoms with van der Waals surface area (Å²) in [5, 5.41) is 1.70. The first kappa shape index (κ1) is 7.89. The van der Waals surface area contributed by atoms with Gasteiger partial charge >= 0.3 is 0 Å². The lowest BCUT2D eigenvalue weighted by Crippen LogP contribution is -1.86. The molecule has 0 aliphatic carbocycles. The second kappa shape index (κ2) is 3.84. The van der Waals surface area contributed by atoms with Crippen LogP contribution in [0.15, 0.2) is 30.3 Å². The van der Waals surface area contributed by atoms with E-state index in [-0.39, 0.29) is 4.83 Å². The molecule has 1 aromatic carbocycles. The van der Waals surface area contributed by atoms with Gasteiger partial charge < -0.3 is 0 Å². The molecule has 0 heterocycles. The summed E-state index contributed by atoms with van der Waals surface area (Å²) in [6, 6.07) is 10.1. The summed E-state index contributed by atoms with van der Waals surface area (Å²) in [4.78, 5) is 0.212. The molecule has 10 heavy (non-hydrogen) atoms. The van der Waals surface area contributed by atoms with Crippen LogP contribution in [0.4, 0.5) is 0 Å². The Kier molecular flexibility index (Phi) is 3.03. The van der Waals surface area contributed by atoms with Gasteiger partial charge in [0.2, 0.25) is 0 Å².